The van der Waals surface area contributed by atoms with E-state index >= 15 is 0 Å². The van der Waals surface area contributed by atoms with Gasteiger partial charge in [-0.25, -0.2) is 14.4 Å². The summed E-state index contributed by atoms with van der Waals surface area (Å²) >= 11 is 0. The lowest BCUT2D eigenvalue weighted by Gasteiger charge is -1.97. The quantitative estimate of drug-likeness (QED) is 0.752. The van der Waals surface area contributed by atoms with Gasteiger partial charge in [-0.15, -0.1) is 0 Å². The molecule has 120 valence electrons. The first-order chi connectivity index (χ1) is 9.35. The highest BCUT2D eigenvalue weighted by atomic mass is 16.7. The van der Waals surface area contributed by atoms with Crippen molar-refractivity contribution in [3.8, 4) is 0 Å². The monoisotopic (exact) mass is 298 g/mol. The van der Waals surface area contributed by atoms with Crippen molar-refractivity contribution in [3.63, 3.8) is 0 Å². The summed E-state index contributed by atoms with van der Waals surface area (Å²) in [5.74, 6) is 0. The van der Waals surface area contributed by atoms with Gasteiger partial charge in [0.05, 0.1) is 27.4 Å². The van der Waals surface area contributed by atoms with Crippen molar-refractivity contribution >= 4 is 18.5 Å². The molecule has 0 radical (unpaired) electrons. The molecule has 0 aromatic heterocycles. The van der Waals surface area contributed by atoms with Crippen LogP contribution in [0.4, 0.5) is 14.4 Å². The molecule has 0 heterocycles. The molecule has 0 saturated carbocycles. The minimum absolute atomic E-state index is 0.437. The Kier molecular flexibility index (Phi) is 22.0. The van der Waals surface area contributed by atoms with Gasteiger partial charge in [-0.1, -0.05) is 13.8 Å². The fraction of sp³-hybridized carbons (Fsp3) is 0.727. The summed E-state index contributed by atoms with van der Waals surface area (Å²) < 4.78 is 17.3. The number of carbonyl (C=O) groups is 3. The van der Waals surface area contributed by atoms with E-state index in [4.69, 9.17) is 15.0 Å². The number of carboxylic acid groups (broad SMARTS) is 2. The maximum Gasteiger partial charge on any atom is 0.507 e. The van der Waals surface area contributed by atoms with Gasteiger partial charge in [-0.2, -0.15) is 0 Å². The normalized spacial score (nSPS) is 7.80. The molecule has 0 aliphatic rings. The van der Waals surface area contributed by atoms with Crippen LogP contribution in [0.2, 0.25) is 0 Å². The van der Waals surface area contributed by atoms with E-state index in [9.17, 15) is 9.59 Å². The van der Waals surface area contributed by atoms with Crippen molar-refractivity contribution in [3.05, 3.63) is 0 Å². The van der Waals surface area contributed by atoms with E-state index in [2.05, 4.69) is 18.9 Å². The van der Waals surface area contributed by atoms with Crippen LogP contribution in [0.25, 0.3) is 0 Å². The second-order valence-corrected chi connectivity index (χ2v) is 2.89. The van der Waals surface area contributed by atoms with Gasteiger partial charge < -0.3 is 29.2 Å². The highest BCUT2D eigenvalue weighted by molar-refractivity contribution is 5.59. The largest absolute Gasteiger partial charge is 0.507 e. The molecule has 9 nitrogen and oxygen atoms in total. The first kappa shape index (κ1) is 22.9. The van der Waals surface area contributed by atoms with Crippen LogP contribution in [0, 0.1) is 0 Å². The van der Waals surface area contributed by atoms with Gasteiger partial charge in [0.25, 0.3) is 0 Å². The Morgan fingerprint density at radius 3 is 1.20 bits per heavy atom. The summed E-state index contributed by atoms with van der Waals surface area (Å²) in [5, 5.41) is 13.9. The van der Waals surface area contributed by atoms with Gasteiger partial charge >= 0.3 is 18.5 Å². The molecule has 0 aliphatic heterocycles. The van der Waals surface area contributed by atoms with Gasteiger partial charge in [0.1, 0.15) is 0 Å². The first-order valence-electron chi connectivity index (χ1n) is 5.68. The molecule has 0 rings (SSSR count). The third kappa shape index (κ3) is 36.0. The standard InChI is InChI=1S/2C5H10O3.CH2O3/c2*1-3-4-8-5(6)7-2;2-1(3)4/h2*3-4H2,1-2H3;(H2,2,3,4). The Hall–Kier alpha value is -2.19. The molecule has 0 aromatic rings. The summed E-state index contributed by atoms with van der Waals surface area (Å²) in [6, 6.07) is 0. The predicted octanol–water partition coefficient (Wildman–Crippen LogP) is 2.58. The molecular weight excluding hydrogens is 276 g/mol. The molecule has 2 N–H and O–H groups in total. The van der Waals surface area contributed by atoms with Gasteiger partial charge in [-0.3, -0.25) is 0 Å². The maximum absolute atomic E-state index is 10.1. The zero-order chi connectivity index (χ0) is 16.4. The van der Waals surface area contributed by atoms with Crippen LogP contribution in [0.1, 0.15) is 26.7 Å². The summed E-state index contributed by atoms with van der Waals surface area (Å²) in [4.78, 5) is 28.8. The molecule has 0 aliphatic carbocycles. The highest BCUT2D eigenvalue weighted by Crippen LogP contribution is 1.84. The van der Waals surface area contributed by atoms with Crippen LogP contribution in [0.3, 0.4) is 0 Å². The summed E-state index contributed by atoms with van der Waals surface area (Å²) in [5.41, 5.74) is 0. The van der Waals surface area contributed by atoms with Gasteiger partial charge in [0, 0.05) is 0 Å². The van der Waals surface area contributed by atoms with Crippen molar-refractivity contribution in [2.45, 2.75) is 26.7 Å². The Morgan fingerprint density at radius 2 is 1.05 bits per heavy atom. The van der Waals surface area contributed by atoms with Crippen molar-refractivity contribution in [1.29, 1.82) is 0 Å². The maximum atomic E-state index is 10.1. The first-order valence-corrected chi connectivity index (χ1v) is 5.68. The smallest absolute Gasteiger partial charge is 0.450 e. The van der Waals surface area contributed by atoms with Gasteiger partial charge in [-0.05, 0) is 12.8 Å². The lowest BCUT2D eigenvalue weighted by atomic mass is 10.5. The average Bonchev–Trinajstić information content (AvgIpc) is 2.42. The molecule has 0 amide bonds. The van der Waals surface area contributed by atoms with Gasteiger partial charge in [0.2, 0.25) is 0 Å². The SMILES string of the molecule is CCCOC(=O)OC.CCCOC(=O)OC.O=C(O)O. The molecular formula is C11H22O9. The number of methoxy groups -OCH3 is 2. The fourth-order valence-electron chi connectivity index (χ4n) is 0.489. The van der Waals surface area contributed by atoms with Crippen LogP contribution in [-0.4, -0.2) is 56.1 Å². The Morgan fingerprint density at radius 1 is 0.800 bits per heavy atom. The molecule has 0 spiro atoms. The lowest BCUT2D eigenvalue weighted by Crippen LogP contribution is -2.03. The highest BCUT2D eigenvalue weighted by Gasteiger charge is 1.95. The minimum Gasteiger partial charge on any atom is -0.450 e. The zero-order valence-corrected chi connectivity index (χ0v) is 12.1. The fourth-order valence-corrected chi connectivity index (χ4v) is 0.489. The minimum atomic E-state index is -1.83. The summed E-state index contributed by atoms with van der Waals surface area (Å²) in [7, 11) is 2.58. The molecule has 0 saturated heterocycles. The number of rotatable bonds is 4. The van der Waals surface area contributed by atoms with Crippen LogP contribution in [0.5, 0.6) is 0 Å². The summed E-state index contributed by atoms with van der Waals surface area (Å²) in [6.07, 6.45) is -1.39. The second kappa shape index (κ2) is 19.2. The van der Waals surface area contributed by atoms with Crippen LogP contribution < -0.4 is 0 Å². The second-order valence-electron chi connectivity index (χ2n) is 2.89. The van der Waals surface area contributed by atoms with E-state index < -0.39 is 18.5 Å². The molecule has 0 aromatic carbocycles. The zero-order valence-electron chi connectivity index (χ0n) is 12.1. The topological polar surface area (TPSA) is 129 Å². The van der Waals surface area contributed by atoms with E-state index in [-0.39, 0.29) is 0 Å². The molecule has 0 unspecified atom stereocenters. The third-order valence-corrected chi connectivity index (χ3v) is 1.18. The number of hydrogen-bond donors (Lipinski definition) is 2. The molecule has 9 heteroatoms. The number of hydrogen-bond acceptors (Lipinski definition) is 7. The summed E-state index contributed by atoms with van der Waals surface area (Å²) in [6.45, 7) is 4.71. The third-order valence-electron chi connectivity index (χ3n) is 1.18. The van der Waals surface area contributed by atoms with Crippen LogP contribution in [0.15, 0.2) is 0 Å². The number of carbonyl (C=O) groups excluding carboxylic acids is 2. The van der Waals surface area contributed by atoms with E-state index in [1.54, 1.807) is 0 Å². The molecule has 0 bridgehead atoms. The molecule has 20 heavy (non-hydrogen) atoms. The van der Waals surface area contributed by atoms with Crippen LogP contribution in [-0.2, 0) is 18.9 Å². The van der Waals surface area contributed by atoms with E-state index in [1.165, 1.54) is 14.2 Å². The van der Waals surface area contributed by atoms with Crippen molar-refractivity contribution in [2.75, 3.05) is 27.4 Å². The lowest BCUT2D eigenvalue weighted by molar-refractivity contribution is 0.0719. The van der Waals surface area contributed by atoms with E-state index in [0.29, 0.717) is 13.2 Å². The Labute approximate surface area is 117 Å². The van der Waals surface area contributed by atoms with E-state index in [1.807, 2.05) is 13.8 Å². The molecule has 0 fully saturated rings. The van der Waals surface area contributed by atoms with Crippen molar-refractivity contribution in [2.24, 2.45) is 0 Å². The van der Waals surface area contributed by atoms with E-state index in [0.717, 1.165) is 12.8 Å². The molecule has 0 atom stereocenters. The van der Waals surface area contributed by atoms with Gasteiger partial charge in [0.15, 0.2) is 0 Å². The van der Waals surface area contributed by atoms with Crippen molar-refractivity contribution < 1.29 is 43.5 Å². The Bertz CT molecular complexity index is 228. The Balaban J connectivity index is -0.000000230. The predicted molar refractivity (Wildman–Crippen MR) is 67.9 cm³/mol. The average molecular weight is 298 g/mol. The van der Waals surface area contributed by atoms with Crippen molar-refractivity contribution in [1.82, 2.24) is 0 Å². The number of ether oxygens (including phenoxy) is 4. The van der Waals surface area contributed by atoms with Crippen LogP contribution >= 0.6 is 0 Å².